The van der Waals surface area contributed by atoms with Crippen molar-refractivity contribution in [3.8, 4) is 0 Å². The normalized spacial score (nSPS) is 8.44. The van der Waals surface area contributed by atoms with Gasteiger partial charge in [0, 0.05) is 0 Å². The zero-order valence-corrected chi connectivity index (χ0v) is 13.6. The molecule has 0 rings (SSSR count). The van der Waals surface area contributed by atoms with Crippen LogP contribution in [0.5, 0.6) is 0 Å². The first-order valence-corrected chi connectivity index (χ1v) is 6.39. The molecule has 0 aromatic rings. The number of hydrogen-bond donors (Lipinski definition) is 9. The van der Waals surface area contributed by atoms with Crippen LogP contribution in [0, 0.1) is 0 Å². The van der Waals surface area contributed by atoms with Gasteiger partial charge in [-0.1, -0.05) is 0 Å². The van der Waals surface area contributed by atoms with Crippen LogP contribution < -0.4 is 0 Å². The van der Waals surface area contributed by atoms with E-state index in [2.05, 4.69) is 0 Å². The molecule has 0 aromatic carbocycles. The third-order valence-corrected chi connectivity index (χ3v) is 1.33. The maximum absolute atomic E-state index is 9.43. The van der Waals surface area contributed by atoms with Crippen LogP contribution in [0.4, 0.5) is 0 Å². The molecule has 0 spiro atoms. The van der Waals surface area contributed by atoms with Crippen molar-refractivity contribution in [2.75, 3.05) is 13.2 Å². The maximum Gasteiger partial charge on any atom is 0.314 e. The van der Waals surface area contributed by atoms with Crippen molar-refractivity contribution in [3.63, 3.8) is 0 Å². The Bertz CT molecular complexity index is 381. The van der Waals surface area contributed by atoms with Gasteiger partial charge < -0.3 is 46.0 Å². The van der Waals surface area contributed by atoms with Crippen molar-refractivity contribution < 1.29 is 74.7 Å². The predicted molar refractivity (Wildman–Crippen MR) is 79.8 cm³/mol. The summed E-state index contributed by atoms with van der Waals surface area (Å²) in [5.41, 5.74) is 0. The average molecular weight is 404 g/mol. The van der Waals surface area contributed by atoms with E-state index >= 15 is 0 Å². The van der Waals surface area contributed by atoms with E-state index in [9.17, 15) is 28.8 Å². The quantitative estimate of drug-likeness (QED) is 0.182. The molecule has 0 radical (unpaired) electrons. The van der Waals surface area contributed by atoms with Crippen molar-refractivity contribution in [2.45, 2.75) is 25.4 Å². The van der Waals surface area contributed by atoms with Gasteiger partial charge in [0.25, 0.3) is 0 Å². The van der Waals surface area contributed by atoms with Gasteiger partial charge in [0.1, 0.15) is 25.4 Å². The van der Waals surface area contributed by atoms with Crippen LogP contribution in [0.15, 0.2) is 0 Å². The summed E-state index contributed by atoms with van der Waals surface area (Å²) in [6.45, 7) is -0.729. The summed E-state index contributed by atoms with van der Waals surface area (Å²) in [6, 6.07) is 0. The first kappa shape index (κ1) is 31.5. The van der Waals surface area contributed by atoms with Crippen LogP contribution in [0.1, 0.15) is 19.3 Å². The molecule has 0 saturated carbocycles. The first-order chi connectivity index (χ1) is 12.2. The number of carboxylic acid groups (broad SMARTS) is 6. The van der Waals surface area contributed by atoms with Crippen molar-refractivity contribution in [1.29, 1.82) is 0 Å². The van der Waals surface area contributed by atoms with Crippen LogP contribution in [0.3, 0.4) is 0 Å². The smallest absolute Gasteiger partial charge is 0.314 e. The maximum atomic E-state index is 9.43. The number of carbonyl (C=O) groups is 6. The van der Waals surface area contributed by atoms with Gasteiger partial charge in [0.2, 0.25) is 0 Å². The number of carboxylic acids is 6. The van der Waals surface area contributed by atoms with E-state index in [0.29, 0.717) is 0 Å². The molecule has 27 heavy (non-hydrogen) atoms. The molecule has 0 atom stereocenters. The monoisotopic (exact) mass is 404 g/mol. The molecule has 158 valence electrons. The van der Waals surface area contributed by atoms with Gasteiger partial charge in [0.05, 0.1) is 13.2 Å². The molecule has 15 nitrogen and oxygen atoms in total. The van der Waals surface area contributed by atoms with Gasteiger partial charge in [0.15, 0.2) is 0 Å². The van der Waals surface area contributed by atoms with Crippen LogP contribution in [0.2, 0.25) is 0 Å². The highest BCUT2D eigenvalue weighted by atomic mass is 16.4. The first-order valence-electron chi connectivity index (χ1n) is 6.39. The van der Waals surface area contributed by atoms with E-state index in [1.165, 1.54) is 0 Å². The van der Waals surface area contributed by atoms with E-state index in [0.717, 1.165) is 0 Å². The lowest BCUT2D eigenvalue weighted by atomic mass is 10.4. The average Bonchev–Trinajstić information content (AvgIpc) is 2.43. The summed E-state index contributed by atoms with van der Waals surface area (Å²) < 4.78 is 0. The van der Waals surface area contributed by atoms with Gasteiger partial charge in [-0.2, -0.15) is 0 Å². The fourth-order valence-corrected chi connectivity index (χ4v) is 0.446. The molecular weight excluding hydrogens is 384 g/mol. The van der Waals surface area contributed by atoms with Gasteiger partial charge >= 0.3 is 35.8 Å². The minimum absolute atomic E-state index is 0.365. The Kier molecular flexibility index (Phi) is 24.2. The van der Waals surface area contributed by atoms with E-state index in [1.807, 2.05) is 0 Å². The standard InChI is InChI=1S/3C3H4O4.C3H8O3/c3*4-2(5)1-3(6)7;4-1-3(6)2-5/h3*1H2,(H,4,5)(H,6,7);3-6H,1-2H2. The number of rotatable bonds is 8. The lowest BCUT2D eigenvalue weighted by Gasteiger charge is -1.96. The molecular formula is C12H20O15. The number of aliphatic carboxylic acids is 6. The van der Waals surface area contributed by atoms with Crippen LogP contribution in [0.25, 0.3) is 0 Å². The topological polar surface area (TPSA) is 284 Å². The molecule has 0 aliphatic carbocycles. The molecule has 0 fully saturated rings. The number of aliphatic hydroxyl groups is 3. The Morgan fingerprint density at radius 1 is 0.481 bits per heavy atom. The lowest BCUT2D eigenvalue weighted by Crippen LogP contribution is -2.15. The summed E-state index contributed by atoms with van der Waals surface area (Å²) in [4.78, 5) is 56.6. The molecule has 0 bridgehead atoms. The Morgan fingerprint density at radius 2 is 0.630 bits per heavy atom. The zero-order valence-electron chi connectivity index (χ0n) is 13.6. The van der Waals surface area contributed by atoms with Gasteiger partial charge in [-0.25, -0.2) is 0 Å². The van der Waals surface area contributed by atoms with Gasteiger partial charge in [-0.3, -0.25) is 28.8 Å². The van der Waals surface area contributed by atoms with Crippen molar-refractivity contribution in [2.24, 2.45) is 0 Å². The second-order valence-electron chi connectivity index (χ2n) is 3.91. The van der Waals surface area contributed by atoms with Crippen molar-refractivity contribution >= 4 is 35.8 Å². The molecule has 0 amide bonds. The Hall–Kier alpha value is -3.30. The van der Waals surface area contributed by atoms with E-state index in [1.54, 1.807) is 0 Å². The summed E-state index contributed by atoms with van der Waals surface area (Å²) in [5.74, 6) is -7.88. The van der Waals surface area contributed by atoms with Gasteiger partial charge in [-0.15, -0.1) is 0 Å². The molecule has 9 N–H and O–H groups in total. The third-order valence-electron chi connectivity index (χ3n) is 1.33. The second-order valence-corrected chi connectivity index (χ2v) is 3.91. The summed E-state index contributed by atoms with van der Waals surface area (Å²) in [7, 11) is 0. The summed E-state index contributed by atoms with van der Waals surface area (Å²) >= 11 is 0. The molecule has 0 aliphatic heterocycles. The van der Waals surface area contributed by atoms with Gasteiger partial charge in [-0.05, 0) is 0 Å². The van der Waals surface area contributed by atoms with Crippen LogP contribution in [-0.2, 0) is 28.8 Å². The van der Waals surface area contributed by atoms with Crippen molar-refractivity contribution in [3.05, 3.63) is 0 Å². The summed E-state index contributed by atoms with van der Waals surface area (Å²) in [6.07, 6.45) is -3.37. The highest BCUT2D eigenvalue weighted by Gasteiger charge is 2.02. The molecule has 0 aliphatic rings. The second kappa shape index (κ2) is 20.7. The largest absolute Gasteiger partial charge is 0.481 e. The summed E-state index contributed by atoms with van der Waals surface area (Å²) in [5, 5.41) is 70.2. The Labute approximate surface area is 150 Å². The van der Waals surface area contributed by atoms with E-state index in [4.69, 9.17) is 46.0 Å². The number of hydrogen-bond acceptors (Lipinski definition) is 9. The van der Waals surface area contributed by atoms with Crippen LogP contribution in [-0.4, -0.2) is 101 Å². The number of aliphatic hydroxyl groups excluding tert-OH is 3. The molecule has 0 saturated heterocycles. The SMILES string of the molecule is O=C(O)CC(=O)O.O=C(O)CC(=O)O.O=C(O)CC(=O)O.OCC(O)CO. The minimum atomic E-state index is -1.31. The van der Waals surface area contributed by atoms with E-state index in [-0.39, 0.29) is 13.2 Å². The predicted octanol–water partition coefficient (Wildman–Crippen LogP) is -3.03. The molecule has 15 heteroatoms. The van der Waals surface area contributed by atoms with Crippen molar-refractivity contribution in [1.82, 2.24) is 0 Å². The third kappa shape index (κ3) is 60.3. The highest BCUT2D eigenvalue weighted by molar-refractivity contribution is 5.89. The molecule has 0 unspecified atom stereocenters. The fraction of sp³-hybridized carbons (Fsp3) is 0.500. The van der Waals surface area contributed by atoms with E-state index < -0.39 is 61.2 Å². The zero-order chi connectivity index (χ0) is 22.6. The molecule has 0 aromatic heterocycles. The molecule has 0 heterocycles. The Morgan fingerprint density at radius 3 is 0.630 bits per heavy atom. The van der Waals surface area contributed by atoms with Crippen LogP contribution >= 0.6 is 0 Å². The minimum Gasteiger partial charge on any atom is -0.481 e. The highest BCUT2D eigenvalue weighted by Crippen LogP contribution is 1.75. The fourth-order valence-electron chi connectivity index (χ4n) is 0.446. The Balaban J connectivity index is -0.000000131. The lowest BCUT2D eigenvalue weighted by molar-refractivity contribution is -0.149.